The summed E-state index contributed by atoms with van der Waals surface area (Å²) >= 11 is 0. The first-order valence-electron chi connectivity index (χ1n) is 7.25. The molecule has 6 heteroatoms. The number of aliphatic carboxylic acids is 1. The summed E-state index contributed by atoms with van der Waals surface area (Å²) < 4.78 is 27.0. The molecule has 0 fully saturated rings. The van der Waals surface area contributed by atoms with E-state index in [1.54, 1.807) is 24.3 Å². The molecule has 1 unspecified atom stereocenters. The monoisotopic (exact) mass is 329 g/mol. The molecule has 2 N–H and O–H groups in total. The standard InChI is InChI=1S/C18H13F2NO3/c19-14-6-3-5-11(17(14)20)16(22)8-12(18(23)24)13-9-21-15-7-2-1-4-10(13)15/h1-7,9,12,21H,8H2,(H,23,24). The zero-order valence-electron chi connectivity index (χ0n) is 12.4. The third-order valence-corrected chi connectivity index (χ3v) is 3.94. The lowest BCUT2D eigenvalue weighted by atomic mass is 9.91. The van der Waals surface area contributed by atoms with Crippen molar-refractivity contribution in [3.8, 4) is 0 Å². The zero-order chi connectivity index (χ0) is 17.3. The molecule has 2 aromatic carbocycles. The summed E-state index contributed by atoms with van der Waals surface area (Å²) in [5, 5.41) is 10.2. The van der Waals surface area contributed by atoms with Crippen LogP contribution in [0.5, 0.6) is 0 Å². The van der Waals surface area contributed by atoms with Crippen LogP contribution in [0.4, 0.5) is 8.78 Å². The molecule has 1 aromatic heterocycles. The molecular formula is C18H13F2NO3. The van der Waals surface area contributed by atoms with E-state index in [2.05, 4.69) is 4.98 Å². The number of halogens is 2. The van der Waals surface area contributed by atoms with Crippen molar-refractivity contribution >= 4 is 22.7 Å². The van der Waals surface area contributed by atoms with Gasteiger partial charge >= 0.3 is 5.97 Å². The van der Waals surface area contributed by atoms with Gasteiger partial charge in [-0.3, -0.25) is 9.59 Å². The summed E-state index contributed by atoms with van der Waals surface area (Å²) in [4.78, 5) is 26.9. The van der Waals surface area contributed by atoms with E-state index >= 15 is 0 Å². The van der Waals surface area contributed by atoms with Gasteiger partial charge in [-0.25, -0.2) is 8.78 Å². The minimum atomic E-state index is -1.26. The number of aromatic nitrogens is 1. The summed E-state index contributed by atoms with van der Waals surface area (Å²) in [6.07, 6.45) is 1.07. The van der Waals surface area contributed by atoms with Crippen LogP contribution >= 0.6 is 0 Å². The third-order valence-electron chi connectivity index (χ3n) is 3.94. The van der Waals surface area contributed by atoms with Gasteiger partial charge in [0, 0.05) is 23.5 Å². The second-order valence-electron chi connectivity index (χ2n) is 5.41. The Balaban J connectivity index is 1.97. The highest BCUT2D eigenvalue weighted by atomic mass is 19.2. The fraction of sp³-hybridized carbons (Fsp3) is 0.111. The highest BCUT2D eigenvalue weighted by molar-refractivity contribution is 6.00. The van der Waals surface area contributed by atoms with Gasteiger partial charge in [0.25, 0.3) is 0 Å². The Hall–Kier alpha value is -3.02. The lowest BCUT2D eigenvalue weighted by molar-refractivity contribution is -0.138. The predicted octanol–water partition coefficient (Wildman–Crippen LogP) is 3.89. The van der Waals surface area contributed by atoms with Crippen molar-refractivity contribution in [3.05, 3.63) is 71.4 Å². The van der Waals surface area contributed by atoms with Crippen LogP contribution in [-0.4, -0.2) is 21.8 Å². The number of carboxylic acids is 1. The van der Waals surface area contributed by atoms with Crippen LogP contribution in [0.1, 0.15) is 28.3 Å². The van der Waals surface area contributed by atoms with Crippen molar-refractivity contribution in [1.29, 1.82) is 0 Å². The molecular weight excluding hydrogens is 316 g/mol. The van der Waals surface area contributed by atoms with E-state index in [0.29, 0.717) is 10.9 Å². The fourth-order valence-electron chi connectivity index (χ4n) is 2.73. The van der Waals surface area contributed by atoms with Crippen LogP contribution in [0.3, 0.4) is 0 Å². The number of H-pyrrole nitrogens is 1. The summed E-state index contributed by atoms with van der Waals surface area (Å²) in [5.74, 6) is -5.52. The highest BCUT2D eigenvalue weighted by Crippen LogP contribution is 2.29. The van der Waals surface area contributed by atoms with Gasteiger partial charge < -0.3 is 10.1 Å². The second kappa shape index (κ2) is 6.23. The van der Waals surface area contributed by atoms with Crippen molar-refractivity contribution in [2.75, 3.05) is 0 Å². The van der Waals surface area contributed by atoms with Crippen LogP contribution < -0.4 is 0 Å². The molecule has 0 radical (unpaired) electrons. The molecule has 0 saturated carbocycles. The predicted molar refractivity (Wildman–Crippen MR) is 84.0 cm³/mol. The molecule has 1 atom stereocenters. The van der Waals surface area contributed by atoms with Gasteiger partial charge in [0.1, 0.15) is 0 Å². The number of carbonyl (C=O) groups excluding carboxylic acids is 1. The number of carbonyl (C=O) groups is 2. The second-order valence-corrected chi connectivity index (χ2v) is 5.41. The number of ketones is 1. The number of nitrogens with one attached hydrogen (secondary N) is 1. The van der Waals surface area contributed by atoms with Gasteiger partial charge in [-0.05, 0) is 23.8 Å². The van der Waals surface area contributed by atoms with Gasteiger partial charge in [-0.1, -0.05) is 24.3 Å². The number of rotatable bonds is 5. The van der Waals surface area contributed by atoms with E-state index in [-0.39, 0.29) is 0 Å². The van der Waals surface area contributed by atoms with Crippen LogP contribution in [0.25, 0.3) is 10.9 Å². The Morgan fingerprint density at radius 3 is 2.58 bits per heavy atom. The first kappa shape index (κ1) is 15.9. The molecule has 0 aliphatic heterocycles. The molecule has 3 aromatic rings. The third kappa shape index (κ3) is 2.78. The quantitative estimate of drug-likeness (QED) is 0.698. The van der Waals surface area contributed by atoms with E-state index in [1.807, 2.05) is 0 Å². The van der Waals surface area contributed by atoms with Crippen molar-refractivity contribution in [1.82, 2.24) is 4.98 Å². The lowest BCUT2D eigenvalue weighted by Gasteiger charge is -2.11. The number of benzene rings is 2. The fourth-order valence-corrected chi connectivity index (χ4v) is 2.73. The number of hydrogen-bond acceptors (Lipinski definition) is 2. The van der Waals surface area contributed by atoms with Gasteiger partial charge in [0.2, 0.25) is 0 Å². The number of Topliss-reactive ketones (excluding diaryl/α,β-unsaturated/α-hetero) is 1. The molecule has 4 nitrogen and oxygen atoms in total. The Kier molecular flexibility index (Phi) is 4.12. The molecule has 24 heavy (non-hydrogen) atoms. The van der Waals surface area contributed by atoms with E-state index in [1.165, 1.54) is 12.3 Å². The van der Waals surface area contributed by atoms with Gasteiger partial charge in [0.15, 0.2) is 17.4 Å². The normalized spacial score (nSPS) is 12.2. The highest BCUT2D eigenvalue weighted by Gasteiger charge is 2.28. The Bertz CT molecular complexity index is 933. The number of hydrogen-bond donors (Lipinski definition) is 2. The Labute approximate surface area is 135 Å². The van der Waals surface area contributed by atoms with Crippen molar-refractivity contribution in [3.63, 3.8) is 0 Å². The van der Waals surface area contributed by atoms with Crippen LogP contribution in [0, 0.1) is 11.6 Å². The molecule has 0 aliphatic carbocycles. The first-order valence-corrected chi connectivity index (χ1v) is 7.25. The van der Waals surface area contributed by atoms with Crippen LogP contribution in [0.15, 0.2) is 48.7 Å². The average molecular weight is 329 g/mol. The molecule has 0 spiro atoms. The molecule has 1 heterocycles. The van der Waals surface area contributed by atoms with Gasteiger partial charge in [0.05, 0.1) is 11.5 Å². The number of aromatic amines is 1. The lowest BCUT2D eigenvalue weighted by Crippen LogP contribution is -2.17. The Morgan fingerprint density at radius 2 is 1.83 bits per heavy atom. The maximum atomic E-state index is 13.7. The molecule has 3 rings (SSSR count). The first-order chi connectivity index (χ1) is 11.5. The van der Waals surface area contributed by atoms with Gasteiger partial charge in [-0.15, -0.1) is 0 Å². The maximum Gasteiger partial charge on any atom is 0.311 e. The SMILES string of the molecule is O=C(CC(C(=O)O)c1c[nH]c2ccccc12)c1cccc(F)c1F. The maximum absolute atomic E-state index is 13.7. The van der Waals surface area contributed by atoms with Crippen molar-refractivity contribution in [2.24, 2.45) is 0 Å². The molecule has 0 bridgehead atoms. The topological polar surface area (TPSA) is 70.2 Å². The Morgan fingerprint density at radius 1 is 1.08 bits per heavy atom. The van der Waals surface area contributed by atoms with Crippen LogP contribution in [-0.2, 0) is 4.79 Å². The average Bonchev–Trinajstić information content (AvgIpc) is 2.98. The zero-order valence-corrected chi connectivity index (χ0v) is 12.4. The number of carboxylic acid groups (broad SMARTS) is 1. The molecule has 0 amide bonds. The summed E-state index contributed by atoms with van der Waals surface area (Å²) in [6.45, 7) is 0. The summed E-state index contributed by atoms with van der Waals surface area (Å²) in [5.41, 5.74) is 0.729. The minimum Gasteiger partial charge on any atom is -0.481 e. The smallest absolute Gasteiger partial charge is 0.311 e. The number of fused-ring (bicyclic) bond motifs is 1. The summed E-state index contributed by atoms with van der Waals surface area (Å²) in [7, 11) is 0. The van der Waals surface area contributed by atoms with E-state index in [4.69, 9.17) is 0 Å². The van der Waals surface area contributed by atoms with E-state index in [9.17, 15) is 23.5 Å². The van der Waals surface area contributed by atoms with Crippen molar-refractivity contribution in [2.45, 2.75) is 12.3 Å². The largest absolute Gasteiger partial charge is 0.481 e. The molecule has 0 aliphatic rings. The molecule has 0 saturated heterocycles. The minimum absolute atomic E-state index is 0.434. The number of para-hydroxylation sites is 1. The van der Waals surface area contributed by atoms with Crippen molar-refractivity contribution < 1.29 is 23.5 Å². The molecule has 122 valence electrons. The van der Waals surface area contributed by atoms with E-state index < -0.39 is 41.3 Å². The summed E-state index contributed by atoms with van der Waals surface area (Å²) in [6, 6.07) is 10.3. The van der Waals surface area contributed by atoms with Gasteiger partial charge in [-0.2, -0.15) is 0 Å². The van der Waals surface area contributed by atoms with E-state index in [0.717, 1.165) is 17.6 Å². The van der Waals surface area contributed by atoms with Crippen LogP contribution in [0.2, 0.25) is 0 Å².